The van der Waals surface area contributed by atoms with Gasteiger partial charge in [-0.05, 0) is 42.9 Å². The average Bonchev–Trinajstić information content (AvgIpc) is 3.04. The molecular weight excluding hydrogens is 356 g/mol. The van der Waals surface area contributed by atoms with E-state index in [1.54, 1.807) is 11.3 Å². The van der Waals surface area contributed by atoms with Gasteiger partial charge in [-0.3, -0.25) is 4.79 Å². The Morgan fingerprint density at radius 1 is 1.19 bits per heavy atom. The van der Waals surface area contributed by atoms with Crippen molar-refractivity contribution in [2.45, 2.75) is 25.7 Å². The molecule has 4 rings (SSSR count). The largest absolute Gasteiger partial charge is 0.368 e. The first-order valence-electron chi connectivity index (χ1n) is 9.16. The van der Waals surface area contributed by atoms with Gasteiger partial charge in [0.2, 0.25) is 5.91 Å². The molecule has 2 aromatic heterocycles. The second kappa shape index (κ2) is 7.48. The van der Waals surface area contributed by atoms with Crippen LogP contribution in [0.1, 0.15) is 34.7 Å². The summed E-state index contributed by atoms with van der Waals surface area (Å²) in [7, 11) is 1.87. The normalized spacial score (nSPS) is 13.8. The number of carbonyl (C=O) groups is 1. The summed E-state index contributed by atoms with van der Waals surface area (Å²) < 4.78 is 0. The molecule has 0 saturated carbocycles. The molecule has 5 nitrogen and oxygen atoms in total. The number of thiophene rings is 1. The lowest BCUT2D eigenvalue weighted by molar-refractivity contribution is -0.116. The number of benzene rings is 1. The SMILES string of the molecule is CN(CC(N)=O)c1nc(C=Cc2ccccc2)nc2sc3c(c12)CCCC3. The number of aromatic nitrogens is 2. The zero-order chi connectivity index (χ0) is 18.8. The zero-order valence-corrected chi connectivity index (χ0v) is 16.1. The highest BCUT2D eigenvalue weighted by molar-refractivity contribution is 7.19. The van der Waals surface area contributed by atoms with E-state index >= 15 is 0 Å². The van der Waals surface area contributed by atoms with E-state index in [0.717, 1.165) is 34.4 Å². The maximum absolute atomic E-state index is 11.5. The number of primary amides is 1. The maximum atomic E-state index is 11.5. The fraction of sp³-hybridized carbons (Fsp3) is 0.286. The molecule has 1 aliphatic carbocycles. The van der Waals surface area contributed by atoms with Crippen LogP contribution in [0.5, 0.6) is 0 Å². The molecule has 1 aliphatic rings. The summed E-state index contributed by atoms with van der Waals surface area (Å²) in [5.74, 6) is 1.08. The number of carbonyl (C=O) groups excluding carboxylic acids is 1. The van der Waals surface area contributed by atoms with Crippen LogP contribution in [0, 0.1) is 0 Å². The van der Waals surface area contributed by atoms with Crippen LogP contribution in [0.2, 0.25) is 0 Å². The van der Waals surface area contributed by atoms with Crippen molar-refractivity contribution in [1.82, 2.24) is 9.97 Å². The predicted octanol–water partition coefficient (Wildman–Crippen LogP) is 3.66. The molecular formula is C21H22N4OS. The number of rotatable bonds is 5. The lowest BCUT2D eigenvalue weighted by Gasteiger charge is -2.19. The Labute approximate surface area is 162 Å². The monoisotopic (exact) mass is 378 g/mol. The molecule has 1 amide bonds. The van der Waals surface area contributed by atoms with Gasteiger partial charge in [0.1, 0.15) is 10.6 Å². The van der Waals surface area contributed by atoms with Crippen LogP contribution in [0.15, 0.2) is 30.3 Å². The second-order valence-electron chi connectivity index (χ2n) is 6.86. The molecule has 0 radical (unpaired) electrons. The van der Waals surface area contributed by atoms with Gasteiger partial charge in [-0.25, -0.2) is 9.97 Å². The number of aryl methyl sites for hydroxylation is 2. The summed E-state index contributed by atoms with van der Waals surface area (Å²) >= 11 is 1.76. The predicted molar refractivity (Wildman–Crippen MR) is 112 cm³/mol. The maximum Gasteiger partial charge on any atom is 0.236 e. The number of fused-ring (bicyclic) bond motifs is 3. The first kappa shape index (κ1) is 17.7. The Morgan fingerprint density at radius 2 is 1.96 bits per heavy atom. The summed E-state index contributed by atoms with van der Waals surface area (Å²) in [5.41, 5.74) is 7.87. The molecule has 3 aromatic rings. The van der Waals surface area contributed by atoms with Crippen LogP contribution in [0.25, 0.3) is 22.4 Å². The van der Waals surface area contributed by atoms with Crippen molar-refractivity contribution in [3.8, 4) is 0 Å². The molecule has 138 valence electrons. The fourth-order valence-corrected chi connectivity index (χ4v) is 4.81. The first-order valence-corrected chi connectivity index (χ1v) is 9.98. The molecule has 2 heterocycles. The molecule has 0 fully saturated rings. The highest BCUT2D eigenvalue weighted by Gasteiger charge is 2.22. The van der Waals surface area contributed by atoms with E-state index in [-0.39, 0.29) is 12.5 Å². The topological polar surface area (TPSA) is 72.1 Å². The molecule has 0 spiro atoms. The number of amides is 1. The Hall–Kier alpha value is -2.73. The van der Waals surface area contributed by atoms with E-state index in [1.807, 2.05) is 54.4 Å². The third kappa shape index (κ3) is 3.71. The second-order valence-corrected chi connectivity index (χ2v) is 7.95. The number of nitrogens with two attached hydrogens (primary N) is 1. The van der Waals surface area contributed by atoms with E-state index in [4.69, 9.17) is 15.7 Å². The molecule has 0 aliphatic heterocycles. The van der Waals surface area contributed by atoms with Crippen molar-refractivity contribution in [2.75, 3.05) is 18.5 Å². The van der Waals surface area contributed by atoms with Gasteiger partial charge < -0.3 is 10.6 Å². The number of hydrogen-bond donors (Lipinski definition) is 1. The van der Waals surface area contributed by atoms with E-state index < -0.39 is 0 Å². The van der Waals surface area contributed by atoms with Gasteiger partial charge in [-0.15, -0.1) is 11.3 Å². The summed E-state index contributed by atoms with van der Waals surface area (Å²) in [6.07, 6.45) is 8.50. The van der Waals surface area contributed by atoms with E-state index in [2.05, 4.69) is 0 Å². The van der Waals surface area contributed by atoms with Crippen LogP contribution in [0.3, 0.4) is 0 Å². The van der Waals surface area contributed by atoms with E-state index in [1.165, 1.54) is 23.3 Å². The van der Waals surface area contributed by atoms with Crippen LogP contribution >= 0.6 is 11.3 Å². The molecule has 6 heteroatoms. The average molecular weight is 379 g/mol. The highest BCUT2D eigenvalue weighted by Crippen LogP contribution is 2.39. The third-order valence-corrected chi connectivity index (χ3v) is 5.98. The molecule has 27 heavy (non-hydrogen) atoms. The zero-order valence-electron chi connectivity index (χ0n) is 15.3. The van der Waals surface area contributed by atoms with Crippen molar-refractivity contribution in [3.63, 3.8) is 0 Å². The Balaban J connectivity index is 1.81. The standard InChI is InChI=1S/C21H22N4OS/c1-25(13-17(22)26)20-19-15-9-5-6-10-16(15)27-21(19)24-18(23-20)12-11-14-7-3-2-4-8-14/h2-4,7-8,11-12H,5-6,9-10,13H2,1H3,(H2,22,26). The Bertz CT molecular complexity index is 1010. The van der Waals surface area contributed by atoms with Crippen molar-refractivity contribution < 1.29 is 4.79 Å². The van der Waals surface area contributed by atoms with Crippen molar-refractivity contribution in [2.24, 2.45) is 5.73 Å². The molecule has 0 bridgehead atoms. The molecule has 0 atom stereocenters. The van der Waals surface area contributed by atoms with Crippen molar-refractivity contribution in [3.05, 3.63) is 52.2 Å². The lowest BCUT2D eigenvalue weighted by atomic mass is 9.97. The third-order valence-electron chi connectivity index (χ3n) is 4.79. The molecule has 0 unspecified atom stereocenters. The molecule has 2 N–H and O–H groups in total. The number of anilines is 1. The van der Waals surface area contributed by atoms with Crippen LogP contribution in [-0.2, 0) is 17.6 Å². The lowest BCUT2D eigenvalue weighted by Crippen LogP contribution is -2.31. The minimum atomic E-state index is -0.366. The van der Waals surface area contributed by atoms with Gasteiger partial charge in [-0.1, -0.05) is 36.4 Å². The number of nitrogens with zero attached hydrogens (tertiary/aromatic N) is 3. The van der Waals surface area contributed by atoms with Crippen LogP contribution < -0.4 is 10.6 Å². The van der Waals surface area contributed by atoms with Gasteiger partial charge in [0.15, 0.2) is 5.82 Å². The fourth-order valence-electron chi connectivity index (χ4n) is 3.55. The summed E-state index contributed by atoms with van der Waals surface area (Å²) in [4.78, 5) is 25.3. The molecule has 0 saturated heterocycles. The van der Waals surface area contributed by atoms with Gasteiger partial charge >= 0.3 is 0 Å². The smallest absolute Gasteiger partial charge is 0.236 e. The minimum Gasteiger partial charge on any atom is -0.368 e. The van der Waals surface area contributed by atoms with Crippen molar-refractivity contribution >= 4 is 45.4 Å². The summed E-state index contributed by atoms with van der Waals surface area (Å²) in [5, 5.41) is 1.09. The Kier molecular flexibility index (Phi) is 4.90. The van der Waals surface area contributed by atoms with Crippen LogP contribution in [0.4, 0.5) is 5.82 Å². The quantitative estimate of drug-likeness (QED) is 0.735. The van der Waals surface area contributed by atoms with Gasteiger partial charge in [0.25, 0.3) is 0 Å². The number of likely N-dealkylation sites (N-methyl/N-ethyl adjacent to an activating group) is 1. The van der Waals surface area contributed by atoms with Gasteiger partial charge in [-0.2, -0.15) is 0 Å². The summed E-state index contributed by atoms with van der Waals surface area (Å²) in [6, 6.07) is 10.1. The van der Waals surface area contributed by atoms with Gasteiger partial charge in [0.05, 0.1) is 11.9 Å². The minimum absolute atomic E-state index is 0.137. The number of hydrogen-bond acceptors (Lipinski definition) is 5. The highest BCUT2D eigenvalue weighted by atomic mass is 32.1. The van der Waals surface area contributed by atoms with E-state index in [9.17, 15) is 4.79 Å². The first-order chi connectivity index (χ1) is 13.1. The summed E-state index contributed by atoms with van der Waals surface area (Å²) in [6.45, 7) is 0.137. The van der Waals surface area contributed by atoms with E-state index in [0.29, 0.717) is 5.82 Å². The van der Waals surface area contributed by atoms with Crippen LogP contribution in [-0.4, -0.2) is 29.5 Å². The molecule has 1 aromatic carbocycles. The Morgan fingerprint density at radius 3 is 2.74 bits per heavy atom. The van der Waals surface area contributed by atoms with Gasteiger partial charge in [0, 0.05) is 11.9 Å². The van der Waals surface area contributed by atoms with Crippen molar-refractivity contribution in [1.29, 1.82) is 0 Å².